The predicted molar refractivity (Wildman–Crippen MR) is 83.5 cm³/mol. The van der Waals surface area contributed by atoms with Crippen LogP contribution in [-0.2, 0) is 0 Å². The summed E-state index contributed by atoms with van der Waals surface area (Å²) < 4.78 is 23.7. The number of para-hydroxylation sites is 1. The molecule has 122 valence electrons. The minimum Gasteiger partial charge on any atom is -0.507 e. The monoisotopic (exact) mass is 319 g/mol. The van der Waals surface area contributed by atoms with Crippen molar-refractivity contribution in [3.63, 3.8) is 0 Å². The molecule has 6 heteroatoms. The van der Waals surface area contributed by atoms with Crippen LogP contribution >= 0.6 is 0 Å². The zero-order valence-corrected chi connectivity index (χ0v) is 13.0. The second-order valence-corrected chi connectivity index (χ2v) is 4.89. The molecule has 0 radical (unpaired) electrons. The number of likely N-dealkylation sites (N-methyl/N-ethyl adjacent to an activating group) is 1. The molecule has 0 aliphatic carbocycles. The number of methoxy groups -OCH3 is 1. The predicted octanol–water partition coefficient (Wildman–Crippen LogP) is 2.69. The number of phenols is 1. The van der Waals surface area contributed by atoms with Crippen molar-refractivity contribution in [3.8, 4) is 17.2 Å². The maximum Gasteiger partial charge on any atom is 0.257 e. The molecule has 23 heavy (non-hydrogen) atoms. The van der Waals surface area contributed by atoms with Crippen molar-refractivity contribution in [2.75, 3.05) is 27.3 Å². The molecule has 0 heterocycles. The lowest BCUT2D eigenvalue weighted by atomic mass is 10.1. The summed E-state index contributed by atoms with van der Waals surface area (Å²) in [6.45, 7) is 0.388. The van der Waals surface area contributed by atoms with E-state index in [1.54, 1.807) is 25.2 Å². The lowest BCUT2D eigenvalue weighted by Gasteiger charge is -2.18. The van der Waals surface area contributed by atoms with Gasteiger partial charge >= 0.3 is 0 Å². The fraction of sp³-hybridized carbons (Fsp3) is 0.235. The number of rotatable bonds is 6. The van der Waals surface area contributed by atoms with Crippen LogP contribution in [0.15, 0.2) is 42.5 Å². The molecule has 0 atom stereocenters. The molecule has 0 spiro atoms. The molecule has 0 bridgehead atoms. The highest BCUT2D eigenvalue weighted by Gasteiger charge is 2.16. The van der Waals surface area contributed by atoms with Gasteiger partial charge < -0.3 is 19.5 Å². The van der Waals surface area contributed by atoms with Crippen molar-refractivity contribution in [1.29, 1.82) is 0 Å². The third-order valence-electron chi connectivity index (χ3n) is 3.30. The van der Waals surface area contributed by atoms with Crippen molar-refractivity contribution in [2.45, 2.75) is 0 Å². The molecular formula is C17H18FNO4. The summed E-state index contributed by atoms with van der Waals surface area (Å²) in [4.78, 5) is 13.7. The highest BCUT2D eigenvalue weighted by atomic mass is 19.1. The number of halogens is 1. The number of amides is 1. The smallest absolute Gasteiger partial charge is 0.257 e. The van der Waals surface area contributed by atoms with Crippen molar-refractivity contribution < 1.29 is 23.8 Å². The number of carbonyl (C=O) groups is 1. The van der Waals surface area contributed by atoms with E-state index >= 15 is 0 Å². The Bertz CT molecular complexity index is 690. The average molecular weight is 319 g/mol. The maximum absolute atomic E-state index is 13.4. The number of hydrogen-bond donors (Lipinski definition) is 1. The van der Waals surface area contributed by atoms with Crippen LogP contribution in [0.3, 0.4) is 0 Å². The Morgan fingerprint density at radius 1 is 1.26 bits per heavy atom. The van der Waals surface area contributed by atoms with E-state index in [0.29, 0.717) is 5.75 Å². The number of benzene rings is 2. The number of nitrogens with zero attached hydrogens (tertiary/aromatic N) is 1. The van der Waals surface area contributed by atoms with E-state index in [1.165, 1.54) is 36.3 Å². The number of ether oxygens (including phenoxy) is 2. The minimum absolute atomic E-state index is 0.139. The summed E-state index contributed by atoms with van der Waals surface area (Å²) in [6.07, 6.45) is 0. The first-order chi connectivity index (χ1) is 11.0. The van der Waals surface area contributed by atoms with Gasteiger partial charge in [-0.2, -0.15) is 0 Å². The van der Waals surface area contributed by atoms with Gasteiger partial charge in [-0.3, -0.25) is 4.79 Å². The highest BCUT2D eigenvalue weighted by Crippen LogP contribution is 2.24. The van der Waals surface area contributed by atoms with Gasteiger partial charge in [-0.25, -0.2) is 4.39 Å². The molecule has 0 aromatic heterocycles. The van der Waals surface area contributed by atoms with Crippen LogP contribution in [-0.4, -0.2) is 43.2 Å². The summed E-state index contributed by atoms with van der Waals surface area (Å²) in [5.74, 6) is -0.363. The Kier molecular flexibility index (Phi) is 5.41. The summed E-state index contributed by atoms with van der Waals surface area (Å²) in [5.41, 5.74) is 0.166. The lowest BCUT2D eigenvalue weighted by Crippen LogP contribution is -2.31. The maximum atomic E-state index is 13.4. The largest absolute Gasteiger partial charge is 0.507 e. The van der Waals surface area contributed by atoms with Crippen LogP contribution in [0, 0.1) is 5.82 Å². The van der Waals surface area contributed by atoms with Crippen molar-refractivity contribution in [3.05, 3.63) is 53.8 Å². The van der Waals surface area contributed by atoms with E-state index in [2.05, 4.69) is 0 Å². The Morgan fingerprint density at radius 3 is 2.65 bits per heavy atom. The molecule has 0 saturated carbocycles. The Hall–Kier alpha value is -2.76. The van der Waals surface area contributed by atoms with E-state index in [-0.39, 0.29) is 36.1 Å². The van der Waals surface area contributed by atoms with Gasteiger partial charge in [0, 0.05) is 13.1 Å². The van der Waals surface area contributed by atoms with Crippen LogP contribution in [0.2, 0.25) is 0 Å². The van der Waals surface area contributed by atoms with Crippen LogP contribution in [0.5, 0.6) is 17.2 Å². The summed E-state index contributed by atoms with van der Waals surface area (Å²) in [6, 6.07) is 10.5. The lowest BCUT2D eigenvalue weighted by molar-refractivity contribution is 0.0770. The van der Waals surface area contributed by atoms with Gasteiger partial charge in [-0.1, -0.05) is 12.1 Å². The van der Waals surface area contributed by atoms with E-state index in [4.69, 9.17) is 9.47 Å². The Balaban J connectivity index is 1.94. The third kappa shape index (κ3) is 4.12. The molecule has 2 aromatic carbocycles. The van der Waals surface area contributed by atoms with Gasteiger partial charge in [0.15, 0.2) is 11.6 Å². The molecule has 1 amide bonds. The minimum atomic E-state index is -0.450. The zero-order valence-electron chi connectivity index (χ0n) is 13.0. The van der Waals surface area contributed by atoms with E-state index in [0.717, 1.165) is 0 Å². The average Bonchev–Trinajstić information content (AvgIpc) is 2.55. The summed E-state index contributed by atoms with van der Waals surface area (Å²) >= 11 is 0. The number of hydrogen-bond acceptors (Lipinski definition) is 4. The first kappa shape index (κ1) is 16.6. The van der Waals surface area contributed by atoms with Gasteiger partial charge in [0.2, 0.25) is 0 Å². The molecule has 1 N–H and O–H groups in total. The molecule has 0 unspecified atom stereocenters. The Morgan fingerprint density at radius 2 is 2.00 bits per heavy atom. The SMILES string of the molecule is COc1ccc(C(=O)N(C)CCOc2ccccc2F)c(O)c1. The fourth-order valence-electron chi connectivity index (χ4n) is 1.98. The summed E-state index contributed by atoms with van der Waals surface area (Å²) in [5, 5.41) is 9.87. The summed E-state index contributed by atoms with van der Waals surface area (Å²) in [7, 11) is 3.05. The van der Waals surface area contributed by atoms with Crippen molar-refractivity contribution >= 4 is 5.91 Å². The van der Waals surface area contributed by atoms with E-state index in [1.807, 2.05) is 0 Å². The normalized spacial score (nSPS) is 10.2. The van der Waals surface area contributed by atoms with Crippen molar-refractivity contribution in [2.24, 2.45) is 0 Å². The standard InChI is InChI=1S/C17H18FNO4/c1-19(9-10-23-16-6-4-3-5-14(16)18)17(21)13-8-7-12(22-2)11-15(13)20/h3-8,11,20H,9-10H2,1-2H3. The van der Waals surface area contributed by atoms with E-state index < -0.39 is 5.82 Å². The molecule has 0 fully saturated rings. The van der Waals surface area contributed by atoms with Gasteiger partial charge in [0.25, 0.3) is 5.91 Å². The van der Waals surface area contributed by atoms with Crippen LogP contribution in [0.25, 0.3) is 0 Å². The van der Waals surface area contributed by atoms with E-state index in [9.17, 15) is 14.3 Å². The quantitative estimate of drug-likeness (QED) is 0.889. The molecular weight excluding hydrogens is 301 g/mol. The van der Waals surface area contributed by atoms with Gasteiger partial charge in [0.05, 0.1) is 19.2 Å². The molecule has 0 aliphatic heterocycles. The van der Waals surface area contributed by atoms with Gasteiger partial charge in [-0.05, 0) is 24.3 Å². The second-order valence-electron chi connectivity index (χ2n) is 4.89. The Labute approximate surface area is 133 Å². The first-order valence-electron chi connectivity index (χ1n) is 7.02. The first-order valence-corrected chi connectivity index (χ1v) is 7.02. The number of phenolic OH excluding ortho intramolecular Hbond substituents is 1. The fourth-order valence-corrected chi connectivity index (χ4v) is 1.98. The zero-order chi connectivity index (χ0) is 16.8. The molecule has 0 saturated heterocycles. The highest BCUT2D eigenvalue weighted by molar-refractivity contribution is 5.96. The second kappa shape index (κ2) is 7.49. The number of carbonyl (C=O) groups excluding carboxylic acids is 1. The number of aromatic hydroxyl groups is 1. The molecule has 0 aliphatic rings. The third-order valence-corrected chi connectivity index (χ3v) is 3.30. The molecule has 2 aromatic rings. The molecule has 2 rings (SSSR count). The van der Waals surface area contributed by atoms with Gasteiger partial charge in [-0.15, -0.1) is 0 Å². The van der Waals surface area contributed by atoms with Crippen LogP contribution < -0.4 is 9.47 Å². The van der Waals surface area contributed by atoms with Gasteiger partial charge in [0.1, 0.15) is 18.1 Å². The van der Waals surface area contributed by atoms with Crippen molar-refractivity contribution in [1.82, 2.24) is 4.90 Å². The molecule has 5 nitrogen and oxygen atoms in total. The topological polar surface area (TPSA) is 59.0 Å². The van der Waals surface area contributed by atoms with Crippen LogP contribution in [0.1, 0.15) is 10.4 Å². The van der Waals surface area contributed by atoms with Crippen LogP contribution in [0.4, 0.5) is 4.39 Å².